The average molecular weight is 310 g/mol. The third-order valence-corrected chi connectivity index (χ3v) is 5.07. The largest absolute Gasteiger partial charge is 0.395 e. The number of rotatable bonds is 8. The molecule has 110 valence electrons. The first kappa shape index (κ1) is 15.7. The fraction of sp³-hybridized carbons (Fsp3) is 0.500. The minimum Gasteiger partial charge on any atom is -0.395 e. The van der Waals surface area contributed by atoms with Crippen LogP contribution in [0.2, 0.25) is 0 Å². The van der Waals surface area contributed by atoms with Crippen LogP contribution in [0.5, 0.6) is 0 Å². The second kappa shape index (κ2) is 7.93. The molecule has 20 heavy (non-hydrogen) atoms. The number of aliphatic hydroxyl groups excluding tert-OH is 1. The Morgan fingerprint density at radius 2 is 1.60 bits per heavy atom. The predicted octanol–water partition coefficient (Wildman–Crippen LogP) is 4.22. The van der Waals surface area contributed by atoms with Gasteiger partial charge in [-0.3, -0.25) is 4.90 Å². The maximum Gasteiger partial charge on any atom is 0.0587 e. The van der Waals surface area contributed by atoms with E-state index in [0.717, 1.165) is 19.5 Å². The van der Waals surface area contributed by atoms with E-state index in [9.17, 15) is 5.11 Å². The molecular formula is C16H23NOS2. The van der Waals surface area contributed by atoms with Gasteiger partial charge in [0.15, 0.2) is 0 Å². The van der Waals surface area contributed by atoms with Gasteiger partial charge in [-0.15, -0.1) is 22.7 Å². The van der Waals surface area contributed by atoms with Gasteiger partial charge in [-0.1, -0.05) is 26.0 Å². The molecule has 0 amide bonds. The second-order valence-corrected chi connectivity index (χ2v) is 7.59. The summed E-state index contributed by atoms with van der Waals surface area (Å²) in [6.07, 6.45) is 1.03. The fourth-order valence-corrected chi connectivity index (χ4v) is 3.86. The summed E-state index contributed by atoms with van der Waals surface area (Å²) in [4.78, 5) is 5.14. The molecular weight excluding hydrogens is 286 g/mol. The first-order valence-electron chi connectivity index (χ1n) is 7.08. The molecule has 2 rings (SSSR count). The molecule has 2 nitrogen and oxygen atoms in total. The van der Waals surface area contributed by atoms with Crippen molar-refractivity contribution in [2.24, 2.45) is 5.92 Å². The Morgan fingerprint density at radius 1 is 1.05 bits per heavy atom. The van der Waals surface area contributed by atoms with Crippen LogP contribution in [0.4, 0.5) is 0 Å². The lowest BCUT2D eigenvalue weighted by Crippen LogP contribution is -2.37. The van der Waals surface area contributed by atoms with Crippen molar-refractivity contribution in [3.63, 3.8) is 0 Å². The van der Waals surface area contributed by atoms with Crippen molar-refractivity contribution in [2.45, 2.75) is 39.4 Å². The molecule has 4 heteroatoms. The van der Waals surface area contributed by atoms with Gasteiger partial charge in [0.25, 0.3) is 0 Å². The van der Waals surface area contributed by atoms with E-state index in [2.05, 4.69) is 53.8 Å². The lowest BCUT2D eigenvalue weighted by Gasteiger charge is -2.31. The van der Waals surface area contributed by atoms with Gasteiger partial charge < -0.3 is 5.11 Å². The quantitative estimate of drug-likeness (QED) is 0.789. The Morgan fingerprint density at radius 3 is 1.95 bits per heavy atom. The number of hydrogen-bond acceptors (Lipinski definition) is 4. The summed E-state index contributed by atoms with van der Waals surface area (Å²) < 4.78 is 0. The van der Waals surface area contributed by atoms with Crippen molar-refractivity contribution < 1.29 is 5.11 Å². The van der Waals surface area contributed by atoms with Gasteiger partial charge in [-0.25, -0.2) is 0 Å². The maximum absolute atomic E-state index is 9.77. The Balaban J connectivity index is 2.09. The first-order chi connectivity index (χ1) is 9.69. The van der Waals surface area contributed by atoms with E-state index < -0.39 is 0 Å². The van der Waals surface area contributed by atoms with Gasteiger partial charge in [0.1, 0.15) is 0 Å². The SMILES string of the molecule is CC(C)C[C@H](CO)N(Cc1cccs1)Cc1cccs1. The molecule has 0 saturated carbocycles. The molecule has 2 aromatic rings. The fourth-order valence-electron chi connectivity index (χ4n) is 2.40. The van der Waals surface area contributed by atoms with E-state index in [4.69, 9.17) is 0 Å². The molecule has 0 bridgehead atoms. The molecule has 0 saturated heterocycles. The van der Waals surface area contributed by atoms with Crippen LogP contribution in [0.3, 0.4) is 0 Å². The van der Waals surface area contributed by atoms with Crippen LogP contribution in [-0.2, 0) is 13.1 Å². The minimum absolute atomic E-state index is 0.231. The number of thiophene rings is 2. The van der Waals surface area contributed by atoms with Crippen LogP contribution in [0.25, 0.3) is 0 Å². The van der Waals surface area contributed by atoms with E-state index in [1.807, 2.05) is 0 Å². The zero-order valence-electron chi connectivity index (χ0n) is 12.2. The summed E-state index contributed by atoms with van der Waals surface area (Å²) in [7, 11) is 0. The van der Waals surface area contributed by atoms with Crippen LogP contribution in [-0.4, -0.2) is 22.7 Å². The highest BCUT2D eigenvalue weighted by atomic mass is 32.1. The van der Waals surface area contributed by atoms with Crippen LogP contribution < -0.4 is 0 Å². The first-order valence-corrected chi connectivity index (χ1v) is 8.84. The van der Waals surface area contributed by atoms with Gasteiger partial charge in [0, 0.05) is 28.9 Å². The van der Waals surface area contributed by atoms with Crippen molar-refractivity contribution in [1.29, 1.82) is 0 Å². The molecule has 0 radical (unpaired) electrons. The van der Waals surface area contributed by atoms with Crippen molar-refractivity contribution >= 4 is 22.7 Å². The van der Waals surface area contributed by atoms with Crippen LogP contribution in [0, 0.1) is 5.92 Å². The van der Waals surface area contributed by atoms with Gasteiger partial charge in [-0.05, 0) is 35.2 Å². The van der Waals surface area contributed by atoms with Gasteiger partial charge >= 0.3 is 0 Å². The minimum atomic E-state index is 0.231. The molecule has 0 spiro atoms. The molecule has 0 aromatic carbocycles. The van der Waals surface area contributed by atoms with E-state index in [1.165, 1.54) is 9.75 Å². The summed E-state index contributed by atoms with van der Waals surface area (Å²) in [5.74, 6) is 0.598. The molecule has 0 aliphatic rings. The number of aliphatic hydroxyl groups is 1. The van der Waals surface area contributed by atoms with Crippen molar-refractivity contribution in [2.75, 3.05) is 6.61 Å². The highest BCUT2D eigenvalue weighted by molar-refractivity contribution is 7.10. The zero-order chi connectivity index (χ0) is 14.4. The summed E-state index contributed by atoms with van der Waals surface area (Å²) in [5.41, 5.74) is 0. The van der Waals surface area contributed by atoms with E-state index in [-0.39, 0.29) is 12.6 Å². The normalized spacial score (nSPS) is 13.2. The Hall–Kier alpha value is -0.680. The maximum atomic E-state index is 9.77. The summed E-state index contributed by atoms with van der Waals surface area (Å²) in [6.45, 7) is 6.52. The van der Waals surface area contributed by atoms with Crippen molar-refractivity contribution in [3.05, 3.63) is 44.8 Å². The number of nitrogens with zero attached hydrogens (tertiary/aromatic N) is 1. The van der Waals surface area contributed by atoms with E-state index in [1.54, 1.807) is 22.7 Å². The average Bonchev–Trinajstić information content (AvgIpc) is 3.08. The van der Waals surface area contributed by atoms with Gasteiger partial charge in [0.05, 0.1) is 6.61 Å². The topological polar surface area (TPSA) is 23.5 Å². The summed E-state index contributed by atoms with van der Waals surface area (Å²) in [6, 6.07) is 8.78. The molecule has 2 heterocycles. The second-order valence-electron chi connectivity index (χ2n) is 5.53. The molecule has 1 atom stereocenters. The third kappa shape index (κ3) is 4.70. The Bertz CT molecular complexity index is 428. The lowest BCUT2D eigenvalue weighted by atomic mass is 10.0. The van der Waals surface area contributed by atoms with Crippen molar-refractivity contribution in [1.82, 2.24) is 4.90 Å². The van der Waals surface area contributed by atoms with Crippen LogP contribution in [0.1, 0.15) is 30.0 Å². The highest BCUT2D eigenvalue weighted by Gasteiger charge is 2.20. The van der Waals surface area contributed by atoms with Gasteiger partial charge in [0.2, 0.25) is 0 Å². The van der Waals surface area contributed by atoms with Crippen LogP contribution in [0.15, 0.2) is 35.0 Å². The van der Waals surface area contributed by atoms with Crippen LogP contribution >= 0.6 is 22.7 Å². The van der Waals surface area contributed by atoms with E-state index >= 15 is 0 Å². The molecule has 2 aromatic heterocycles. The summed E-state index contributed by atoms with van der Waals surface area (Å²) >= 11 is 3.58. The molecule has 0 aliphatic heterocycles. The summed E-state index contributed by atoms with van der Waals surface area (Å²) in [5, 5.41) is 14.0. The number of hydrogen-bond donors (Lipinski definition) is 1. The molecule has 0 aliphatic carbocycles. The monoisotopic (exact) mass is 309 g/mol. The third-order valence-electron chi connectivity index (χ3n) is 3.35. The predicted molar refractivity (Wildman–Crippen MR) is 88.2 cm³/mol. The van der Waals surface area contributed by atoms with Crippen molar-refractivity contribution in [3.8, 4) is 0 Å². The molecule has 1 N–H and O–H groups in total. The molecule has 0 unspecified atom stereocenters. The highest BCUT2D eigenvalue weighted by Crippen LogP contribution is 2.22. The standard InChI is InChI=1S/C16H23NOS2/c1-13(2)9-14(12-18)17(10-15-5-3-7-19-15)11-16-6-4-8-20-16/h3-8,13-14,18H,9-12H2,1-2H3/t14-/m1/s1. The van der Waals surface area contributed by atoms with Gasteiger partial charge in [-0.2, -0.15) is 0 Å². The zero-order valence-corrected chi connectivity index (χ0v) is 13.8. The lowest BCUT2D eigenvalue weighted by molar-refractivity contribution is 0.0959. The smallest absolute Gasteiger partial charge is 0.0587 e. The Kier molecular flexibility index (Phi) is 6.23. The molecule has 0 fully saturated rings. The van der Waals surface area contributed by atoms with E-state index in [0.29, 0.717) is 5.92 Å². The Labute approximate surface area is 129 Å².